The average Bonchev–Trinajstić information content (AvgIpc) is 2.27. The molecule has 1 aromatic heterocycles. The molecular formula is C11H9F3N2O2. The minimum absolute atomic E-state index is 0.166. The molecule has 0 unspecified atom stereocenters. The standard InChI is InChI=1S/C11H9F3N2O2/c12-11(13,14)4-3-6-1-2-7-8(5-6)16-10(18)9(17)15-7/h1-2,5H,3-4H2,(H,15,17)(H,16,18). The van der Waals surface area contributed by atoms with Crippen molar-refractivity contribution in [2.24, 2.45) is 0 Å². The third-order valence-corrected chi connectivity index (χ3v) is 2.48. The quantitative estimate of drug-likeness (QED) is 0.805. The lowest BCUT2D eigenvalue weighted by atomic mass is 10.1. The SMILES string of the molecule is O=c1[nH]c2ccc(CCC(F)(F)F)cc2[nH]c1=O. The summed E-state index contributed by atoms with van der Waals surface area (Å²) in [6, 6.07) is 4.39. The van der Waals surface area contributed by atoms with E-state index in [2.05, 4.69) is 9.97 Å². The molecule has 0 saturated carbocycles. The number of rotatable bonds is 2. The Balaban J connectivity index is 2.36. The second-order valence-electron chi connectivity index (χ2n) is 3.90. The average molecular weight is 258 g/mol. The highest BCUT2D eigenvalue weighted by molar-refractivity contribution is 5.74. The molecular weight excluding hydrogens is 249 g/mol. The van der Waals surface area contributed by atoms with Gasteiger partial charge in [0.05, 0.1) is 11.0 Å². The lowest BCUT2D eigenvalue weighted by Crippen LogP contribution is -2.28. The monoisotopic (exact) mass is 258 g/mol. The summed E-state index contributed by atoms with van der Waals surface area (Å²) in [5.74, 6) is 0. The van der Waals surface area contributed by atoms with Crippen LogP contribution < -0.4 is 11.1 Å². The first-order chi connectivity index (χ1) is 8.35. The van der Waals surface area contributed by atoms with E-state index < -0.39 is 23.7 Å². The number of aryl methyl sites for hydroxylation is 1. The molecule has 0 aliphatic carbocycles. The lowest BCUT2D eigenvalue weighted by Gasteiger charge is -2.06. The largest absolute Gasteiger partial charge is 0.389 e. The van der Waals surface area contributed by atoms with Crippen LogP contribution in [0.15, 0.2) is 27.8 Å². The molecule has 0 aliphatic heterocycles. The number of benzene rings is 1. The molecule has 96 valence electrons. The number of fused-ring (bicyclic) bond motifs is 1. The highest BCUT2D eigenvalue weighted by Gasteiger charge is 2.26. The van der Waals surface area contributed by atoms with Gasteiger partial charge in [-0.05, 0) is 24.1 Å². The molecule has 2 rings (SSSR count). The minimum atomic E-state index is -4.21. The van der Waals surface area contributed by atoms with Crippen molar-refractivity contribution < 1.29 is 13.2 Å². The third kappa shape index (κ3) is 2.79. The van der Waals surface area contributed by atoms with Crippen LogP contribution in [0.25, 0.3) is 11.0 Å². The smallest absolute Gasteiger partial charge is 0.316 e. The molecule has 0 atom stereocenters. The Morgan fingerprint density at radius 2 is 1.61 bits per heavy atom. The molecule has 4 nitrogen and oxygen atoms in total. The zero-order valence-electron chi connectivity index (χ0n) is 9.10. The van der Waals surface area contributed by atoms with E-state index in [1.54, 1.807) is 0 Å². The van der Waals surface area contributed by atoms with Gasteiger partial charge in [0.2, 0.25) is 0 Å². The van der Waals surface area contributed by atoms with Gasteiger partial charge in [-0.2, -0.15) is 13.2 Å². The lowest BCUT2D eigenvalue weighted by molar-refractivity contribution is -0.133. The fourth-order valence-corrected chi connectivity index (χ4v) is 1.60. The number of H-pyrrole nitrogens is 2. The van der Waals surface area contributed by atoms with Crippen LogP contribution in [0, 0.1) is 0 Å². The molecule has 0 fully saturated rings. The first-order valence-corrected chi connectivity index (χ1v) is 5.17. The van der Waals surface area contributed by atoms with Crippen molar-refractivity contribution >= 4 is 11.0 Å². The molecule has 18 heavy (non-hydrogen) atoms. The molecule has 7 heteroatoms. The molecule has 0 radical (unpaired) electrons. The second-order valence-corrected chi connectivity index (χ2v) is 3.90. The Bertz CT molecular complexity index is 685. The summed E-state index contributed by atoms with van der Waals surface area (Å²) in [6.45, 7) is 0. The van der Waals surface area contributed by atoms with Crippen molar-refractivity contribution in [3.63, 3.8) is 0 Å². The molecule has 0 saturated heterocycles. The summed E-state index contributed by atoms with van der Waals surface area (Å²) in [6.07, 6.45) is -5.31. The summed E-state index contributed by atoms with van der Waals surface area (Å²) < 4.78 is 36.2. The van der Waals surface area contributed by atoms with Crippen LogP contribution in [0.2, 0.25) is 0 Å². The van der Waals surface area contributed by atoms with Gasteiger partial charge in [0, 0.05) is 6.42 Å². The van der Waals surface area contributed by atoms with Gasteiger partial charge >= 0.3 is 17.3 Å². The van der Waals surface area contributed by atoms with E-state index in [9.17, 15) is 22.8 Å². The summed E-state index contributed by atoms with van der Waals surface area (Å²) in [7, 11) is 0. The number of nitrogens with one attached hydrogen (secondary N) is 2. The van der Waals surface area contributed by atoms with E-state index in [1.807, 2.05) is 0 Å². The summed E-state index contributed by atoms with van der Waals surface area (Å²) in [5.41, 5.74) is -0.460. The highest BCUT2D eigenvalue weighted by Crippen LogP contribution is 2.22. The fraction of sp³-hybridized carbons (Fsp3) is 0.273. The Morgan fingerprint density at radius 1 is 1.00 bits per heavy atom. The van der Waals surface area contributed by atoms with Crippen molar-refractivity contribution in [2.75, 3.05) is 0 Å². The van der Waals surface area contributed by atoms with E-state index in [4.69, 9.17) is 0 Å². The minimum Gasteiger partial charge on any atom is -0.316 e. The van der Waals surface area contributed by atoms with Crippen LogP contribution in [0.3, 0.4) is 0 Å². The molecule has 2 aromatic rings. The zero-order valence-corrected chi connectivity index (χ0v) is 9.10. The van der Waals surface area contributed by atoms with Crippen molar-refractivity contribution in [3.8, 4) is 0 Å². The Labute approximate surface area is 98.5 Å². The summed E-state index contributed by atoms with van der Waals surface area (Å²) >= 11 is 0. The van der Waals surface area contributed by atoms with Crippen molar-refractivity contribution in [3.05, 3.63) is 44.5 Å². The molecule has 0 spiro atoms. The molecule has 2 N–H and O–H groups in total. The molecule has 0 aliphatic rings. The van der Waals surface area contributed by atoms with E-state index >= 15 is 0 Å². The summed E-state index contributed by atoms with van der Waals surface area (Å²) in [5, 5.41) is 0. The van der Waals surface area contributed by atoms with Crippen molar-refractivity contribution in [1.29, 1.82) is 0 Å². The van der Waals surface area contributed by atoms with E-state index in [1.165, 1.54) is 18.2 Å². The molecule has 0 amide bonds. The second kappa shape index (κ2) is 4.32. The van der Waals surface area contributed by atoms with Crippen molar-refractivity contribution in [2.45, 2.75) is 19.0 Å². The first-order valence-electron chi connectivity index (χ1n) is 5.17. The van der Waals surface area contributed by atoms with E-state index in [-0.39, 0.29) is 6.42 Å². The van der Waals surface area contributed by atoms with Gasteiger partial charge in [-0.25, -0.2) is 0 Å². The van der Waals surface area contributed by atoms with Crippen LogP contribution in [-0.4, -0.2) is 16.1 Å². The van der Waals surface area contributed by atoms with Gasteiger partial charge in [-0.3, -0.25) is 9.59 Å². The normalized spacial score (nSPS) is 11.9. The molecule has 0 bridgehead atoms. The maximum absolute atomic E-state index is 12.1. The number of aromatic nitrogens is 2. The topological polar surface area (TPSA) is 65.7 Å². The van der Waals surface area contributed by atoms with Gasteiger partial charge in [-0.15, -0.1) is 0 Å². The number of hydrogen-bond acceptors (Lipinski definition) is 2. The van der Waals surface area contributed by atoms with Gasteiger partial charge in [0.25, 0.3) is 0 Å². The first kappa shape index (κ1) is 12.4. The van der Waals surface area contributed by atoms with E-state index in [0.29, 0.717) is 16.6 Å². The van der Waals surface area contributed by atoms with Gasteiger partial charge in [0.15, 0.2) is 0 Å². The highest BCUT2D eigenvalue weighted by atomic mass is 19.4. The third-order valence-electron chi connectivity index (χ3n) is 2.48. The van der Waals surface area contributed by atoms with Gasteiger partial charge < -0.3 is 9.97 Å². The van der Waals surface area contributed by atoms with Gasteiger partial charge in [-0.1, -0.05) is 6.07 Å². The summed E-state index contributed by atoms with van der Waals surface area (Å²) in [4.78, 5) is 26.8. The van der Waals surface area contributed by atoms with Crippen LogP contribution in [0.5, 0.6) is 0 Å². The van der Waals surface area contributed by atoms with Crippen LogP contribution >= 0.6 is 0 Å². The molecule has 1 heterocycles. The van der Waals surface area contributed by atoms with Crippen LogP contribution in [0.1, 0.15) is 12.0 Å². The van der Waals surface area contributed by atoms with Crippen LogP contribution in [0.4, 0.5) is 13.2 Å². The fourth-order valence-electron chi connectivity index (χ4n) is 1.60. The zero-order chi connectivity index (χ0) is 13.3. The van der Waals surface area contributed by atoms with E-state index in [0.717, 1.165) is 0 Å². The maximum Gasteiger partial charge on any atom is 0.389 e. The Kier molecular flexibility index (Phi) is 2.98. The number of alkyl halides is 3. The Hall–Kier alpha value is -2.05. The van der Waals surface area contributed by atoms with Crippen LogP contribution in [-0.2, 0) is 6.42 Å². The van der Waals surface area contributed by atoms with Crippen molar-refractivity contribution in [1.82, 2.24) is 9.97 Å². The maximum atomic E-state index is 12.1. The number of aromatic amines is 2. The predicted molar refractivity (Wildman–Crippen MR) is 59.6 cm³/mol. The number of hydrogen-bond donors (Lipinski definition) is 2. The Morgan fingerprint density at radius 3 is 2.22 bits per heavy atom. The predicted octanol–water partition coefficient (Wildman–Crippen LogP) is 1.71. The number of halogens is 3. The van der Waals surface area contributed by atoms with Gasteiger partial charge in [0.1, 0.15) is 0 Å². The molecule has 1 aromatic carbocycles.